The van der Waals surface area contributed by atoms with Crippen molar-refractivity contribution in [2.24, 2.45) is 0 Å². The fourth-order valence-electron chi connectivity index (χ4n) is 2.94. The van der Waals surface area contributed by atoms with E-state index in [1.807, 2.05) is 0 Å². The summed E-state index contributed by atoms with van der Waals surface area (Å²) in [6.45, 7) is 5.93. The highest BCUT2D eigenvalue weighted by molar-refractivity contribution is 4.73. The van der Waals surface area contributed by atoms with Gasteiger partial charge in [0.1, 0.15) is 0 Å². The van der Waals surface area contributed by atoms with Gasteiger partial charge in [-0.3, -0.25) is 0 Å². The van der Waals surface area contributed by atoms with E-state index in [1.54, 1.807) is 0 Å². The lowest BCUT2D eigenvalue weighted by Crippen LogP contribution is -2.40. The largest absolute Gasteiger partial charge is 0.317 e. The van der Waals surface area contributed by atoms with Crippen molar-refractivity contribution in [1.82, 2.24) is 10.6 Å². The first-order valence-corrected chi connectivity index (χ1v) is 8.87. The van der Waals surface area contributed by atoms with Crippen LogP contribution in [0, 0.1) is 0 Å². The fourth-order valence-corrected chi connectivity index (χ4v) is 2.94. The standard InChI is InChI=1S/C17H36N2/c1-2-3-4-5-6-7-8-9-10-11-14-19-17-12-15-18-16-13-17/h17-19H,2-16H2,1H3. The van der Waals surface area contributed by atoms with Gasteiger partial charge >= 0.3 is 0 Å². The Kier molecular flexibility index (Phi) is 11.5. The van der Waals surface area contributed by atoms with Crippen molar-refractivity contribution in [3.8, 4) is 0 Å². The number of hydrogen-bond donors (Lipinski definition) is 2. The van der Waals surface area contributed by atoms with Crippen LogP contribution in [0.1, 0.15) is 84.0 Å². The van der Waals surface area contributed by atoms with Gasteiger partial charge in [-0.2, -0.15) is 0 Å². The molecule has 2 N–H and O–H groups in total. The Morgan fingerprint density at radius 1 is 0.789 bits per heavy atom. The molecule has 1 aliphatic heterocycles. The van der Waals surface area contributed by atoms with Gasteiger partial charge in [0.25, 0.3) is 0 Å². The third-order valence-corrected chi connectivity index (χ3v) is 4.30. The van der Waals surface area contributed by atoms with E-state index in [0.717, 1.165) is 6.04 Å². The molecule has 0 saturated carbocycles. The molecule has 1 rings (SSSR count). The number of rotatable bonds is 12. The van der Waals surface area contributed by atoms with Crippen LogP contribution in [-0.4, -0.2) is 25.7 Å². The summed E-state index contributed by atoms with van der Waals surface area (Å²) < 4.78 is 0. The molecule has 0 aliphatic carbocycles. The molecule has 0 aromatic heterocycles. The van der Waals surface area contributed by atoms with E-state index in [4.69, 9.17) is 0 Å². The number of piperidine rings is 1. The lowest BCUT2D eigenvalue weighted by Gasteiger charge is -2.23. The topological polar surface area (TPSA) is 24.1 Å². The minimum absolute atomic E-state index is 0.791. The SMILES string of the molecule is CCCCCCCCCCCCNC1CCNCC1. The predicted molar refractivity (Wildman–Crippen MR) is 85.7 cm³/mol. The summed E-state index contributed by atoms with van der Waals surface area (Å²) in [4.78, 5) is 0. The molecule has 2 heteroatoms. The molecule has 0 radical (unpaired) electrons. The molecule has 1 aliphatic rings. The molecule has 0 spiro atoms. The lowest BCUT2D eigenvalue weighted by molar-refractivity contribution is 0.383. The van der Waals surface area contributed by atoms with Gasteiger partial charge in [-0.05, 0) is 38.9 Å². The Bertz CT molecular complexity index is 176. The quantitative estimate of drug-likeness (QED) is 0.517. The van der Waals surface area contributed by atoms with Gasteiger partial charge in [-0.25, -0.2) is 0 Å². The lowest BCUT2D eigenvalue weighted by atomic mass is 10.1. The number of hydrogen-bond acceptors (Lipinski definition) is 2. The normalized spacial score (nSPS) is 16.9. The molecular weight excluding hydrogens is 232 g/mol. The van der Waals surface area contributed by atoms with Crippen LogP contribution in [0.15, 0.2) is 0 Å². The van der Waals surface area contributed by atoms with Crippen molar-refractivity contribution in [2.75, 3.05) is 19.6 Å². The van der Waals surface area contributed by atoms with E-state index in [9.17, 15) is 0 Å². The second-order valence-corrected chi connectivity index (χ2v) is 6.16. The molecule has 0 aromatic carbocycles. The van der Waals surface area contributed by atoms with Gasteiger partial charge < -0.3 is 10.6 Å². The van der Waals surface area contributed by atoms with Crippen molar-refractivity contribution in [3.05, 3.63) is 0 Å². The minimum atomic E-state index is 0.791. The van der Waals surface area contributed by atoms with Gasteiger partial charge in [0.05, 0.1) is 0 Å². The van der Waals surface area contributed by atoms with Crippen LogP contribution in [0.2, 0.25) is 0 Å². The van der Waals surface area contributed by atoms with E-state index in [0.29, 0.717) is 0 Å². The second-order valence-electron chi connectivity index (χ2n) is 6.16. The molecule has 0 atom stereocenters. The molecule has 2 nitrogen and oxygen atoms in total. The minimum Gasteiger partial charge on any atom is -0.317 e. The Balaban J connectivity index is 1.71. The molecule has 0 aromatic rings. The molecule has 114 valence electrons. The maximum absolute atomic E-state index is 3.71. The van der Waals surface area contributed by atoms with Crippen LogP contribution in [0.25, 0.3) is 0 Å². The Morgan fingerprint density at radius 3 is 1.89 bits per heavy atom. The van der Waals surface area contributed by atoms with Crippen LogP contribution in [0.4, 0.5) is 0 Å². The second kappa shape index (κ2) is 12.9. The molecule has 19 heavy (non-hydrogen) atoms. The third kappa shape index (κ3) is 10.4. The molecule has 0 bridgehead atoms. The molecule has 1 fully saturated rings. The summed E-state index contributed by atoms with van der Waals surface area (Å²) in [7, 11) is 0. The zero-order chi connectivity index (χ0) is 13.6. The maximum Gasteiger partial charge on any atom is 0.00912 e. The van der Waals surface area contributed by atoms with Crippen molar-refractivity contribution >= 4 is 0 Å². The first-order valence-electron chi connectivity index (χ1n) is 8.87. The van der Waals surface area contributed by atoms with Crippen LogP contribution in [-0.2, 0) is 0 Å². The third-order valence-electron chi connectivity index (χ3n) is 4.30. The average molecular weight is 268 g/mol. The summed E-state index contributed by atoms with van der Waals surface area (Å²) >= 11 is 0. The molecule has 0 unspecified atom stereocenters. The van der Waals surface area contributed by atoms with Crippen LogP contribution < -0.4 is 10.6 Å². The molecule has 1 heterocycles. The first kappa shape index (κ1) is 17.0. The van der Waals surface area contributed by atoms with E-state index in [1.165, 1.54) is 96.7 Å². The van der Waals surface area contributed by atoms with Crippen LogP contribution >= 0.6 is 0 Å². The van der Waals surface area contributed by atoms with Gasteiger partial charge in [-0.15, -0.1) is 0 Å². The van der Waals surface area contributed by atoms with Gasteiger partial charge in [0.15, 0.2) is 0 Å². The van der Waals surface area contributed by atoms with Crippen molar-refractivity contribution in [3.63, 3.8) is 0 Å². The summed E-state index contributed by atoms with van der Waals surface area (Å²) in [5.41, 5.74) is 0. The van der Waals surface area contributed by atoms with E-state index in [2.05, 4.69) is 17.6 Å². The Morgan fingerprint density at radius 2 is 1.32 bits per heavy atom. The van der Waals surface area contributed by atoms with E-state index >= 15 is 0 Å². The predicted octanol–water partition coefficient (Wildman–Crippen LogP) is 4.25. The molecule has 1 saturated heterocycles. The zero-order valence-electron chi connectivity index (χ0n) is 13.2. The summed E-state index contributed by atoms with van der Waals surface area (Å²) in [5, 5.41) is 7.12. The van der Waals surface area contributed by atoms with Gasteiger partial charge in [0, 0.05) is 6.04 Å². The van der Waals surface area contributed by atoms with Crippen LogP contribution in [0.5, 0.6) is 0 Å². The summed E-state index contributed by atoms with van der Waals surface area (Å²) in [6, 6.07) is 0.791. The van der Waals surface area contributed by atoms with Gasteiger partial charge in [0.2, 0.25) is 0 Å². The Hall–Kier alpha value is -0.0800. The van der Waals surface area contributed by atoms with Gasteiger partial charge in [-0.1, -0.05) is 64.7 Å². The summed E-state index contributed by atoms with van der Waals surface area (Å²) in [6.07, 6.45) is 17.0. The van der Waals surface area contributed by atoms with Crippen molar-refractivity contribution in [1.29, 1.82) is 0 Å². The molecular formula is C17H36N2. The highest BCUT2D eigenvalue weighted by Gasteiger charge is 2.10. The van der Waals surface area contributed by atoms with Crippen LogP contribution in [0.3, 0.4) is 0 Å². The monoisotopic (exact) mass is 268 g/mol. The van der Waals surface area contributed by atoms with E-state index < -0.39 is 0 Å². The first-order chi connectivity index (χ1) is 9.43. The van der Waals surface area contributed by atoms with Crippen molar-refractivity contribution < 1.29 is 0 Å². The van der Waals surface area contributed by atoms with E-state index in [-0.39, 0.29) is 0 Å². The smallest absolute Gasteiger partial charge is 0.00912 e. The molecule has 0 amide bonds. The summed E-state index contributed by atoms with van der Waals surface area (Å²) in [5.74, 6) is 0. The average Bonchev–Trinajstić information content (AvgIpc) is 2.46. The van der Waals surface area contributed by atoms with Crippen molar-refractivity contribution in [2.45, 2.75) is 90.0 Å². The number of nitrogens with one attached hydrogen (secondary N) is 2. The maximum atomic E-state index is 3.71. The fraction of sp³-hybridized carbons (Fsp3) is 1.00. The highest BCUT2D eigenvalue weighted by atomic mass is 15.0. The Labute approximate surface area is 121 Å². The number of unbranched alkanes of at least 4 members (excludes halogenated alkanes) is 9. The highest BCUT2D eigenvalue weighted by Crippen LogP contribution is 2.10. The zero-order valence-corrected chi connectivity index (χ0v) is 13.2.